The van der Waals surface area contributed by atoms with Gasteiger partial charge in [0.2, 0.25) is 0 Å². The van der Waals surface area contributed by atoms with E-state index in [-0.39, 0.29) is 5.82 Å². The molecule has 0 amide bonds. The van der Waals surface area contributed by atoms with Gasteiger partial charge in [0.15, 0.2) is 0 Å². The zero-order chi connectivity index (χ0) is 16.2. The number of halogens is 1. The van der Waals surface area contributed by atoms with Gasteiger partial charge in [0, 0.05) is 12.1 Å². The summed E-state index contributed by atoms with van der Waals surface area (Å²) in [5, 5.41) is 6.81. The minimum absolute atomic E-state index is 0.201. The molecule has 1 heterocycles. The van der Waals surface area contributed by atoms with E-state index in [2.05, 4.69) is 17.6 Å². The number of benzene rings is 1. The lowest BCUT2D eigenvalue weighted by atomic mass is 9.98. The summed E-state index contributed by atoms with van der Waals surface area (Å²) in [6, 6.07) is 4.76. The molecule has 2 rings (SSSR count). The molecule has 2 N–H and O–H groups in total. The number of ether oxygens (including phenoxy) is 1. The van der Waals surface area contributed by atoms with Crippen molar-refractivity contribution in [3.8, 4) is 5.75 Å². The van der Waals surface area contributed by atoms with Crippen molar-refractivity contribution in [1.82, 2.24) is 10.6 Å². The molecule has 1 aromatic carbocycles. The molecule has 1 fully saturated rings. The van der Waals surface area contributed by atoms with Gasteiger partial charge in [0.05, 0.1) is 6.61 Å². The van der Waals surface area contributed by atoms with Crippen LogP contribution in [0.5, 0.6) is 5.75 Å². The summed E-state index contributed by atoms with van der Waals surface area (Å²) in [6.07, 6.45) is 3.39. The summed E-state index contributed by atoms with van der Waals surface area (Å²) in [6.45, 7) is 10.6. The average Bonchev–Trinajstić information content (AvgIpc) is 2.57. The fourth-order valence-electron chi connectivity index (χ4n) is 2.54. The van der Waals surface area contributed by atoms with Crippen LogP contribution in [0.2, 0.25) is 0 Å². The quantitative estimate of drug-likeness (QED) is 0.805. The maximum absolute atomic E-state index is 13.4. The first-order valence-corrected chi connectivity index (χ1v) is 8.62. The van der Waals surface area contributed by atoms with Gasteiger partial charge in [-0.2, -0.15) is 0 Å². The maximum Gasteiger partial charge on any atom is 0.123 e. The molecule has 4 heteroatoms. The van der Waals surface area contributed by atoms with Crippen LogP contribution in [0.25, 0.3) is 0 Å². The van der Waals surface area contributed by atoms with E-state index in [4.69, 9.17) is 4.74 Å². The predicted octanol–water partition coefficient (Wildman–Crippen LogP) is 3.73. The Bertz CT molecular complexity index is 406. The van der Waals surface area contributed by atoms with Crippen molar-refractivity contribution in [3.63, 3.8) is 0 Å². The Labute approximate surface area is 134 Å². The first-order chi connectivity index (χ1) is 10.8. The van der Waals surface area contributed by atoms with Gasteiger partial charge in [-0.1, -0.05) is 20.8 Å². The molecule has 1 aliphatic rings. The lowest BCUT2D eigenvalue weighted by molar-refractivity contribution is 0.311. The van der Waals surface area contributed by atoms with Crippen LogP contribution in [0.15, 0.2) is 18.2 Å². The normalized spacial score (nSPS) is 15.1. The molecule has 0 radical (unpaired) electrons. The van der Waals surface area contributed by atoms with E-state index < -0.39 is 0 Å². The number of rotatable bonds is 7. The van der Waals surface area contributed by atoms with Crippen molar-refractivity contribution >= 4 is 0 Å². The summed E-state index contributed by atoms with van der Waals surface area (Å²) in [4.78, 5) is 0. The second-order valence-electron chi connectivity index (χ2n) is 5.42. The molecule has 0 aliphatic carbocycles. The molecule has 1 aliphatic heterocycles. The minimum Gasteiger partial charge on any atom is -0.493 e. The molecule has 126 valence electrons. The van der Waals surface area contributed by atoms with Crippen LogP contribution >= 0.6 is 0 Å². The third kappa shape index (κ3) is 6.75. The monoisotopic (exact) mass is 310 g/mol. The first kappa shape index (κ1) is 18.9. The first-order valence-electron chi connectivity index (χ1n) is 8.62. The second-order valence-corrected chi connectivity index (χ2v) is 5.42. The van der Waals surface area contributed by atoms with Gasteiger partial charge in [0.25, 0.3) is 0 Å². The fraction of sp³-hybridized carbons (Fsp3) is 0.667. The molecule has 0 spiro atoms. The van der Waals surface area contributed by atoms with Crippen molar-refractivity contribution in [2.45, 2.75) is 46.6 Å². The molecule has 0 unspecified atom stereocenters. The fourth-order valence-corrected chi connectivity index (χ4v) is 2.54. The highest BCUT2D eigenvalue weighted by atomic mass is 19.1. The van der Waals surface area contributed by atoms with E-state index >= 15 is 0 Å². The molecule has 3 nitrogen and oxygen atoms in total. The molecular weight excluding hydrogens is 279 g/mol. The molecule has 0 aromatic heterocycles. The average molecular weight is 310 g/mol. The van der Waals surface area contributed by atoms with Crippen LogP contribution in [-0.2, 0) is 6.54 Å². The van der Waals surface area contributed by atoms with Crippen molar-refractivity contribution < 1.29 is 9.13 Å². The molecule has 0 bridgehead atoms. The van der Waals surface area contributed by atoms with Gasteiger partial charge in [-0.05, 0) is 63.0 Å². The number of hydrogen-bond acceptors (Lipinski definition) is 3. The predicted molar refractivity (Wildman–Crippen MR) is 90.8 cm³/mol. The third-order valence-electron chi connectivity index (χ3n) is 3.69. The van der Waals surface area contributed by atoms with E-state index in [1.54, 1.807) is 12.1 Å². The Kier molecular flexibility index (Phi) is 9.84. The van der Waals surface area contributed by atoms with E-state index in [0.29, 0.717) is 13.2 Å². The smallest absolute Gasteiger partial charge is 0.123 e. The van der Waals surface area contributed by atoms with Crippen LogP contribution in [-0.4, -0.2) is 26.2 Å². The Morgan fingerprint density at radius 1 is 1.27 bits per heavy atom. The maximum atomic E-state index is 13.4. The minimum atomic E-state index is -0.201. The highest BCUT2D eigenvalue weighted by Gasteiger charge is 2.13. The highest BCUT2D eigenvalue weighted by Crippen LogP contribution is 2.20. The standard InChI is InChI=1S/C16H25FN2O.C2H6/c1-2-9-20-16-4-3-15(17)10-14(16)12-19-11-13-5-7-18-8-6-13;1-2/h3-4,10,13,18-19H,2,5-9,11-12H2,1H3;1-2H3. The molecule has 0 saturated carbocycles. The van der Waals surface area contributed by atoms with Gasteiger partial charge >= 0.3 is 0 Å². The van der Waals surface area contributed by atoms with Crippen LogP contribution in [0.3, 0.4) is 0 Å². The zero-order valence-corrected chi connectivity index (χ0v) is 14.3. The van der Waals surface area contributed by atoms with Crippen molar-refractivity contribution in [1.29, 1.82) is 0 Å². The SMILES string of the molecule is CC.CCCOc1ccc(F)cc1CNCC1CCNCC1. The van der Waals surface area contributed by atoms with E-state index in [1.165, 1.54) is 18.9 Å². The summed E-state index contributed by atoms with van der Waals surface area (Å²) >= 11 is 0. The molecule has 1 aromatic rings. The summed E-state index contributed by atoms with van der Waals surface area (Å²) in [7, 11) is 0. The van der Waals surface area contributed by atoms with E-state index in [1.807, 2.05) is 13.8 Å². The van der Waals surface area contributed by atoms with E-state index in [9.17, 15) is 4.39 Å². The van der Waals surface area contributed by atoms with Gasteiger partial charge in [0.1, 0.15) is 11.6 Å². The largest absolute Gasteiger partial charge is 0.493 e. The van der Waals surface area contributed by atoms with E-state index in [0.717, 1.165) is 43.3 Å². The van der Waals surface area contributed by atoms with Gasteiger partial charge in [-0.3, -0.25) is 0 Å². The third-order valence-corrected chi connectivity index (χ3v) is 3.69. The number of hydrogen-bond donors (Lipinski definition) is 2. The lowest BCUT2D eigenvalue weighted by Crippen LogP contribution is -2.33. The Morgan fingerprint density at radius 2 is 2.00 bits per heavy atom. The Balaban J connectivity index is 0.00000116. The van der Waals surface area contributed by atoms with Gasteiger partial charge in [-0.15, -0.1) is 0 Å². The van der Waals surface area contributed by atoms with Crippen molar-refractivity contribution in [2.24, 2.45) is 5.92 Å². The van der Waals surface area contributed by atoms with Crippen LogP contribution in [0.4, 0.5) is 4.39 Å². The second kappa shape index (κ2) is 11.4. The zero-order valence-electron chi connectivity index (χ0n) is 14.3. The number of nitrogens with one attached hydrogen (secondary N) is 2. The van der Waals surface area contributed by atoms with Gasteiger partial charge < -0.3 is 15.4 Å². The Hall–Kier alpha value is -1.13. The lowest BCUT2D eigenvalue weighted by Gasteiger charge is -2.23. The molecule has 22 heavy (non-hydrogen) atoms. The topological polar surface area (TPSA) is 33.3 Å². The van der Waals surface area contributed by atoms with Crippen molar-refractivity contribution in [2.75, 3.05) is 26.2 Å². The van der Waals surface area contributed by atoms with Crippen LogP contribution < -0.4 is 15.4 Å². The van der Waals surface area contributed by atoms with Crippen LogP contribution in [0, 0.1) is 11.7 Å². The Morgan fingerprint density at radius 3 is 2.68 bits per heavy atom. The number of piperidine rings is 1. The summed E-state index contributed by atoms with van der Waals surface area (Å²) in [5.41, 5.74) is 0.910. The summed E-state index contributed by atoms with van der Waals surface area (Å²) < 4.78 is 19.0. The van der Waals surface area contributed by atoms with Crippen LogP contribution in [0.1, 0.15) is 45.6 Å². The molecule has 1 saturated heterocycles. The molecular formula is C18H31FN2O. The van der Waals surface area contributed by atoms with Crippen molar-refractivity contribution in [3.05, 3.63) is 29.6 Å². The highest BCUT2D eigenvalue weighted by molar-refractivity contribution is 5.33. The molecule has 0 atom stereocenters. The van der Waals surface area contributed by atoms with Gasteiger partial charge in [-0.25, -0.2) is 4.39 Å². The summed E-state index contributed by atoms with van der Waals surface area (Å²) in [5.74, 6) is 1.32.